The SMILES string of the molecule is S=c1cnc(C2CCC3(C=c4ccccc4=C3)CC2)c[nH]1. The molecule has 0 saturated heterocycles. The molecule has 2 aliphatic rings. The molecule has 0 unspecified atom stereocenters. The van der Waals surface area contributed by atoms with Gasteiger partial charge in [0.05, 0.1) is 11.9 Å². The Labute approximate surface area is 129 Å². The molecule has 2 aliphatic carbocycles. The van der Waals surface area contributed by atoms with Crippen LogP contribution in [0.5, 0.6) is 0 Å². The van der Waals surface area contributed by atoms with Gasteiger partial charge in [0.25, 0.3) is 0 Å². The second kappa shape index (κ2) is 4.92. The second-order valence-corrected chi connectivity index (χ2v) is 6.70. The van der Waals surface area contributed by atoms with Crippen LogP contribution in [0.1, 0.15) is 37.3 Å². The number of benzene rings is 1. The van der Waals surface area contributed by atoms with Crippen molar-refractivity contribution in [1.29, 1.82) is 0 Å². The molecule has 1 aromatic carbocycles. The van der Waals surface area contributed by atoms with Gasteiger partial charge in [-0.05, 0) is 36.1 Å². The first-order valence-electron chi connectivity index (χ1n) is 7.60. The molecule has 2 aromatic rings. The fraction of sp³-hybridized carbons (Fsp3) is 0.333. The summed E-state index contributed by atoms with van der Waals surface area (Å²) in [6, 6.07) is 8.71. The van der Waals surface area contributed by atoms with Crippen LogP contribution < -0.4 is 10.4 Å². The largest absolute Gasteiger partial charge is 0.350 e. The molecule has 3 heteroatoms. The predicted octanol–water partition coefficient (Wildman–Crippen LogP) is 3.06. The Hall–Kier alpha value is -1.74. The summed E-state index contributed by atoms with van der Waals surface area (Å²) in [5.41, 5.74) is 1.44. The Balaban J connectivity index is 1.57. The maximum absolute atomic E-state index is 5.07. The van der Waals surface area contributed by atoms with Gasteiger partial charge >= 0.3 is 0 Å². The van der Waals surface area contributed by atoms with Gasteiger partial charge in [-0.2, -0.15) is 0 Å². The van der Waals surface area contributed by atoms with Crippen LogP contribution in [0, 0.1) is 10.1 Å². The smallest absolute Gasteiger partial charge is 0.121 e. The lowest BCUT2D eigenvalue weighted by Crippen LogP contribution is -2.22. The Morgan fingerprint density at radius 1 is 1.10 bits per heavy atom. The summed E-state index contributed by atoms with van der Waals surface area (Å²) in [7, 11) is 0. The Kier molecular flexibility index (Phi) is 3.03. The molecule has 1 spiro atoms. The Morgan fingerprint density at radius 2 is 1.76 bits per heavy atom. The molecule has 0 bridgehead atoms. The third kappa shape index (κ3) is 2.36. The van der Waals surface area contributed by atoms with Crippen LogP contribution in [0.2, 0.25) is 0 Å². The molecule has 1 heterocycles. The van der Waals surface area contributed by atoms with Crippen LogP contribution in [0.3, 0.4) is 0 Å². The zero-order chi connectivity index (χ0) is 14.3. The highest BCUT2D eigenvalue weighted by molar-refractivity contribution is 7.71. The summed E-state index contributed by atoms with van der Waals surface area (Å²) in [6.45, 7) is 0. The van der Waals surface area contributed by atoms with Gasteiger partial charge in [-0.15, -0.1) is 0 Å². The third-order valence-corrected chi connectivity index (χ3v) is 5.13. The molecule has 1 N–H and O–H groups in total. The number of hydrogen-bond acceptors (Lipinski definition) is 2. The minimum Gasteiger partial charge on any atom is -0.350 e. The zero-order valence-corrected chi connectivity index (χ0v) is 12.7. The van der Waals surface area contributed by atoms with Crippen LogP contribution in [-0.2, 0) is 0 Å². The van der Waals surface area contributed by atoms with Crippen molar-refractivity contribution in [3.05, 3.63) is 57.4 Å². The fourth-order valence-electron chi connectivity index (χ4n) is 3.75. The van der Waals surface area contributed by atoms with E-state index >= 15 is 0 Å². The standard InChI is InChI=1S/C18H18N2S/c21-17-12-19-16(11-20-17)13-5-7-18(8-6-13)9-14-3-1-2-4-15(14)10-18/h1-4,9-13H,5-8H2,(H,20,21). The normalized spacial score (nSPS) is 19.8. The van der Waals surface area contributed by atoms with E-state index in [0.717, 1.165) is 5.69 Å². The first-order valence-corrected chi connectivity index (χ1v) is 8.00. The molecular weight excluding hydrogens is 276 g/mol. The van der Waals surface area contributed by atoms with E-state index in [9.17, 15) is 0 Å². The highest BCUT2D eigenvalue weighted by Gasteiger charge is 2.34. The van der Waals surface area contributed by atoms with Gasteiger partial charge in [0.15, 0.2) is 0 Å². The fourth-order valence-corrected chi connectivity index (χ4v) is 3.86. The van der Waals surface area contributed by atoms with Crippen molar-refractivity contribution in [2.75, 3.05) is 0 Å². The lowest BCUT2D eigenvalue weighted by atomic mass is 9.70. The Morgan fingerprint density at radius 3 is 2.33 bits per heavy atom. The predicted molar refractivity (Wildman–Crippen MR) is 87.7 cm³/mol. The van der Waals surface area contributed by atoms with E-state index in [0.29, 0.717) is 10.6 Å². The molecule has 0 amide bonds. The van der Waals surface area contributed by atoms with Gasteiger partial charge in [-0.1, -0.05) is 48.6 Å². The van der Waals surface area contributed by atoms with Crippen molar-refractivity contribution in [2.45, 2.75) is 31.6 Å². The maximum atomic E-state index is 5.07. The van der Waals surface area contributed by atoms with Crippen molar-refractivity contribution in [3.63, 3.8) is 0 Å². The topological polar surface area (TPSA) is 28.7 Å². The van der Waals surface area contributed by atoms with E-state index in [4.69, 9.17) is 12.2 Å². The molecular formula is C18H18N2S. The first kappa shape index (κ1) is 13.0. The summed E-state index contributed by atoms with van der Waals surface area (Å²) >= 11 is 5.07. The van der Waals surface area contributed by atoms with Gasteiger partial charge in [0.1, 0.15) is 4.64 Å². The molecule has 21 heavy (non-hydrogen) atoms. The summed E-state index contributed by atoms with van der Waals surface area (Å²) in [6.07, 6.45) is 13.5. The molecule has 106 valence electrons. The number of nitrogens with one attached hydrogen (secondary N) is 1. The molecule has 4 rings (SSSR count). The summed E-state index contributed by atoms with van der Waals surface area (Å²) in [5, 5.41) is 2.80. The number of aromatic amines is 1. The Bertz CT molecular complexity index is 785. The molecule has 0 atom stereocenters. The second-order valence-electron chi connectivity index (χ2n) is 6.26. The highest BCUT2D eigenvalue weighted by Crippen LogP contribution is 2.45. The zero-order valence-electron chi connectivity index (χ0n) is 11.9. The lowest BCUT2D eigenvalue weighted by Gasteiger charge is -2.34. The number of hydrogen-bond donors (Lipinski definition) is 1. The van der Waals surface area contributed by atoms with Crippen LogP contribution >= 0.6 is 12.2 Å². The minimum absolute atomic E-state index is 0.280. The lowest BCUT2D eigenvalue weighted by molar-refractivity contribution is 0.329. The van der Waals surface area contributed by atoms with Crippen molar-refractivity contribution >= 4 is 24.4 Å². The van der Waals surface area contributed by atoms with Crippen molar-refractivity contribution in [2.24, 2.45) is 5.41 Å². The van der Waals surface area contributed by atoms with Crippen molar-refractivity contribution in [1.82, 2.24) is 9.97 Å². The minimum atomic E-state index is 0.280. The van der Waals surface area contributed by atoms with Crippen LogP contribution in [0.4, 0.5) is 0 Å². The van der Waals surface area contributed by atoms with Crippen molar-refractivity contribution < 1.29 is 0 Å². The van der Waals surface area contributed by atoms with Gasteiger partial charge in [0, 0.05) is 17.5 Å². The van der Waals surface area contributed by atoms with E-state index in [1.807, 2.05) is 6.20 Å². The number of H-pyrrole nitrogens is 1. The molecule has 0 radical (unpaired) electrons. The van der Waals surface area contributed by atoms with Crippen LogP contribution in [-0.4, -0.2) is 9.97 Å². The average molecular weight is 294 g/mol. The monoisotopic (exact) mass is 294 g/mol. The van der Waals surface area contributed by atoms with E-state index in [1.165, 1.54) is 36.1 Å². The summed E-state index contributed by atoms with van der Waals surface area (Å²) < 4.78 is 0.707. The van der Waals surface area contributed by atoms with E-state index in [2.05, 4.69) is 46.4 Å². The van der Waals surface area contributed by atoms with Gasteiger partial charge in [0.2, 0.25) is 0 Å². The molecule has 2 nitrogen and oxygen atoms in total. The van der Waals surface area contributed by atoms with Gasteiger partial charge < -0.3 is 4.98 Å². The highest BCUT2D eigenvalue weighted by atomic mass is 32.1. The number of fused-ring (bicyclic) bond motifs is 1. The van der Waals surface area contributed by atoms with Crippen LogP contribution in [0.15, 0.2) is 36.7 Å². The van der Waals surface area contributed by atoms with E-state index in [-0.39, 0.29) is 5.41 Å². The maximum Gasteiger partial charge on any atom is 0.121 e. The molecule has 1 fully saturated rings. The quantitative estimate of drug-likeness (QED) is 0.819. The number of aromatic nitrogens is 2. The van der Waals surface area contributed by atoms with Gasteiger partial charge in [-0.3, -0.25) is 4.98 Å². The van der Waals surface area contributed by atoms with E-state index < -0.39 is 0 Å². The summed E-state index contributed by atoms with van der Waals surface area (Å²) in [5.74, 6) is 0.563. The summed E-state index contributed by atoms with van der Waals surface area (Å²) in [4.78, 5) is 7.61. The van der Waals surface area contributed by atoms with Gasteiger partial charge in [-0.25, -0.2) is 0 Å². The third-order valence-electron chi connectivity index (χ3n) is 4.91. The first-order chi connectivity index (χ1) is 10.2. The number of nitrogens with zero attached hydrogens (tertiary/aromatic N) is 1. The molecule has 1 aromatic heterocycles. The van der Waals surface area contributed by atoms with Crippen LogP contribution in [0.25, 0.3) is 12.2 Å². The number of rotatable bonds is 1. The van der Waals surface area contributed by atoms with Crippen molar-refractivity contribution in [3.8, 4) is 0 Å². The van der Waals surface area contributed by atoms with E-state index in [1.54, 1.807) is 6.20 Å². The molecule has 0 aliphatic heterocycles. The average Bonchev–Trinajstić information content (AvgIpc) is 2.87. The molecule has 1 saturated carbocycles.